The van der Waals surface area contributed by atoms with E-state index in [4.69, 9.17) is 16.3 Å². The zero-order valence-corrected chi connectivity index (χ0v) is 15.2. The SMILES string of the molecule is CCOc1ccc(Cl)cc1C(c1cccc(F)c1)N1CCCC1C(=O)O. The number of rotatable bonds is 6. The lowest BCUT2D eigenvalue weighted by Gasteiger charge is -2.33. The molecule has 26 heavy (non-hydrogen) atoms. The Morgan fingerprint density at radius 1 is 1.38 bits per heavy atom. The van der Waals surface area contributed by atoms with Gasteiger partial charge in [0.05, 0.1) is 12.6 Å². The van der Waals surface area contributed by atoms with Crippen LogP contribution >= 0.6 is 11.6 Å². The molecule has 2 aromatic rings. The van der Waals surface area contributed by atoms with Crippen molar-refractivity contribution in [2.24, 2.45) is 0 Å². The van der Waals surface area contributed by atoms with E-state index in [-0.39, 0.29) is 5.82 Å². The standard InChI is InChI=1S/C20H21ClFNO3/c1-2-26-18-9-8-14(21)12-16(18)19(13-5-3-6-15(22)11-13)23-10-4-7-17(23)20(24)25/h3,5-6,8-9,11-12,17,19H,2,4,7,10H2,1H3,(H,24,25). The fourth-order valence-corrected chi connectivity index (χ4v) is 3.79. The number of ether oxygens (including phenoxy) is 1. The van der Waals surface area contributed by atoms with Crippen molar-refractivity contribution >= 4 is 17.6 Å². The lowest BCUT2D eigenvalue weighted by atomic mass is 9.95. The summed E-state index contributed by atoms with van der Waals surface area (Å²) in [5.41, 5.74) is 1.43. The van der Waals surface area contributed by atoms with Gasteiger partial charge in [0.1, 0.15) is 17.6 Å². The average Bonchev–Trinajstić information content (AvgIpc) is 3.07. The number of benzene rings is 2. The molecule has 0 aliphatic carbocycles. The minimum atomic E-state index is -0.871. The summed E-state index contributed by atoms with van der Waals surface area (Å²) in [6.45, 7) is 2.95. The van der Waals surface area contributed by atoms with E-state index >= 15 is 0 Å². The molecule has 0 aromatic heterocycles. The van der Waals surface area contributed by atoms with Crippen LogP contribution in [-0.2, 0) is 4.79 Å². The molecule has 0 amide bonds. The molecular formula is C20H21ClFNO3. The van der Waals surface area contributed by atoms with Crippen molar-refractivity contribution in [2.45, 2.75) is 31.8 Å². The molecule has 0 bridgehead atoms. The fourth-order valence-electron chi connectivity index (χ4n) is 3.61. The van der Waals surface area contributed by atoms with Gasteiger partial charge in [-0.1, -0.05) is 23.7 Å². The minimum absolute atomic E-state index is 0.362. The Labute approximate surface area is 157 Å². The number of carboxylic acids is 1. The van der Waals surface area contributed by atoms with Crippen LogP contribution in [0.2, 0.25) is 5.02 Å². The Balaban J connectivity index is 2.15. The van der Waals surface area contributed by atoms with E-state index in [0.717, 1.165) is 12.0 Å². The monoisotopic (exact) mass is 377 g/mol. The van der Waals surface area contributed by atoms with Crippen molar-refractivity contribution in [2.75, 3.05) is 13.2 Å². The maximum Gasteiger partial charge on any atom is 0.320 e. The number of carbonyl (C=O) groups is 1. The molecule has 2 atom stereocenters. The van der Waals surface area contributed by atoms with Crippen LogP contribution < -0.4 is 4.74 Å². The Morgan fingerprint density at radius 3 is 2.88 bits per heavy atom. The number of carboxylic acid groups (broad SMARTS) is 1. The molecule has 1 heterocycles. The Hall–Kier alpha value is -2.11. The summed E-state index contributed by atoms with van der Waals surface area (Å²) in [6, 6.07) is 10.5. The first kappa shape index (κ1) is 18.7. The zero-order valence-electron chi connectivity index (χ0n) is 14.5. The quantitative estimate of drug-likeness (QED) is 0.804. The van der Waals surface area contributed by atoms with Gasteiger partial charge in [-0.2, -0.15) is 0 Å². The first-order chi connectivity index (χ1) is 12.5. The Morgan fingerprint density at radius 2 is 2.19 bits per heavy atom. The summed E-state index contributed by atoms with van der Waals surface area (Å²) < 4.78 is 19.7. The molecule has 0 saturated carbocycles. The first-order valence-electron chi connectivity index (χ1n) is 8.67. The number of likely N-dealkylation sites (tertiary alicyclic amines) is 1. The summed E-state index contributed by atoms with van der Waals surface area (Å²) in [7, 11) is 0. The summed E-state index contributed by atoms with van der Waals surface area (Å²) in [6.07, 6.45) is 1.33. The molecule has 1 N–H and O–H groups in total. The van der Waals surface area contributed by atoms with Gasteiger partial charge in [-0.25, -0.2) is 4.39 Å². The highest BCUT2D eigenvalue weighted by Gasteiger charge is 2.38. The van der Waals surface area contributed by atoms with E-state index in [1.165, 1.54) is 12.1 Å². The third-order valence-electron chi connectivity index (χ3n) is 4.64. The molecule has 1 saturated heterocycles. The van der Waals surface area contributed by atoms with Crippen molar-refractivity contribution in [1.29, 1.82) is 0 Å². The summed E-state index contributed by atoms with van der Waals surface area (Å²) in [5.74, 6) is -0.607. The maximum atomic E-state index is 13.9. The van der Waals surface area contributed by atoms with Crippen molar-refractivity contribution in [3.63, 3.8) is 0 Å². The van der Waals surface area contributed by atoms with Gasteiger partial charge in [0, 0.05) is 17.1 Å². The second kappa shape index (κ2) is 8.06. The van der Waals surface area contributed by atoms with Crippen LogP contribution in [0.1, 0.15) is 36.9 Å². The third-order valence-corrected chi connectivity index (χ3v) is 4.88. The van der Waals surface area contributed by atoms with Crippen LogP contribution in [0.15, 0.2) is 42.5 Å². The Bertz CT molecular complexity index is 798. The smallest absolute Gasteiger partial charge is 0.320 e. The van der Waals surface area contributed by atoms with Gasteiger partial charge in [-0.3, -0.25) is 9.69 Å². The molecule has 6 heteroatoms. The second-order valence-corrected chi connectivity index (χ2v) is 6.74. The van der Waals surface area contributed by atoms with E-state index in [2.05, 4.69) is 0 Å². The highest BCUT2D eigenvalue weighted by molar-refractivity contribution is 6.30. The van der Waals surface area contributed by atoms with Gasteiger partial charge in [-0.15, -0.1) is 0 Å². The molecule has 138 valence electrons. The average molecular weight is 378 g/mol. The lowest BCUT2D eigenvalue weighted by molar-refractivity contribution is -0.142. The number of aliphatic carboxylic acids is 1. The molecule has 2 aromatic carbocycles. The topological polar surface area (TPSA) is 49.8 Å². The van der Waals surface area contributed by atoms with E-state index < -0.39 is 18.1 Å². The van der Waals surface area contributed by atoms with Crippen LogP contribution in [-0.4, -0.2) is 35.2 Å². The first-order valence-corrected chi connectivity index (χ1v) is 9.05. The zero-order chi connectivity index (χ0) is 18.7. The van der Waals surface area contributed by atoms with E-state index in [1.807, 2.05) is 17.9 Å². The number of hydrogen-bond donors (Lipinski definition) is 1. The van der Waals surface area contributed by atoms with Gasteiger partial charge in [0.2, 0.25) is 0 Å². The fraction of sp³-hybridized carbons (Fsp3) is 0.350. The lowest BCUT2D eigenvalue weighted by Crippen LogP contribution is -2.39. The van der Waals surface area contributed by atoms with Crippen LogP contribution in [0.4, 0.5) is 4.39 Å². The normalized spacial score (nSPS) is 18.7. The Kier molecular flexibility index (Phi) is 5.79. The predicted molar refractivity (Wildman–Crippen MR) is 98.2 cm³/mol. The third kappa shape index (κ3) is 3.84. The second-order valence-electron chi connectivity index (χ2n) is 6.31. The minimum Gasteiger partial charge on any atom is -0.494 e. The van der Waals surface area contributed by atoms with E-state index in [0.29, 0.717) is 35.9 Å². The van der Waals surface area contributed by atoms with E-state index in [9.17, 15) is 14.3 Å². The number of halogens is 2. The molecule has 2 unspecified atom stereocenters. The molecule has 3 rings (SSSR count). The van der Waals surface area contributed by atoms with Crippen LogP contribution in [0.25, 0.3) is 0 Å². The number of nitrogens with zero attached hydrogens (tertiary/aromatic N) is 1. The largest absolute Gasteiger partial charge is 0.494 e. The highest BCUT2D eigenvalue weighted by Crippen LogP contribution is 2.40. The molecule has 1 fully saturated rings. The summed E-state index contributed by atoms with van der Waals surface area (Å²) in [4.78, 5) is 13.6. The summed E-state index contributed by atoms with van der Waals surface area (Å²) >= 11 is 6.22. The van der Waals surface area contributed by atoms with Gasteiger partial charge in [-0.05, 0) is 55.7 Å². The molecule has 0 radical (unpaired) electrons. The number of hydrogen-bond acceptors (Lipinski definition) is 3. The van der Waals surface area contributed by atoms with Crippen molar-refractivity contribution in [3.05, 3.63) is 64.4 Å². The van der Waals surface area contributed by atoms with Crippen LogP contribution in [0.5, 0.6) is 5.75 Å². The molecule has 1 aliphatic heterocycles. The van der Waals surface area contributed by atoms with Crippen LogP contribution in [0, 0.1) is 5.82 Å². The van der Waals surface area contributed by atoms with Gasteiger partial charge in [0.25, 0.3) is 0 Å². The van der Waals surface area contributed by atoms with Gasteiger partial charge >= 0.3 is 5.97 Å². The predicted octanol–water partition coefficient (Wildman–Crippen LogP) is 4.52. The maximum absolute atomic E-state index is 13.9. The van der Waals surface area contributed by atoms with Crippen LogP contribution in [0.3, 0.4) is 0 Å². The van der Waals surface area contributed by atoms with Gasteiger partial charge in [0.15, 0.2) is 0 Å². The highest BCUT2D eigenvalue weighted by atomic mass is 35.5. The molecular weight excluding hydrogens is 357 g/mol. The molecule has 1 aliphatic rings. The van der Waals surface area contributed by atoms with Gasteiger partial charge < -0.3 is 9.84 Å². The van der Waals surface area contributed by atoms with E-state index in [1.54, 1.807) is 24.3 Å². The summed E-state index contributed by atoms with van der Waals surface area (Å²) in [5, 5.41) is 10.2. The molecule has 0 spiro atoms. The van der Waals surface area contributed by atoms with Crippen molar-refractivity contribution in [3.8, 4) is 5.75 Å². The van der Waals surface area contributed by atoms with Crippen molar-refractivity contribution in [1.82, 2.24) is 4.90 Å². The molecule has 4 nitrogen and oxygen atoms in total. The van der Waals surface area contributed by atoms with Crippen molar-refractivity contribution < 1.29 is 19.0 Å².